The van der Waals surface area contributed by atoms with Crippen LogP contribution in [-0.2, 0) is 9.59 Å². The second-order valence-corrected chi connectivity index (χ2v) is 7.47. The molecule has 0 saturated carbocycles. The molecule has 142 valence electrons. The van der Waals surface area contributed by atoms with E-state index in [1.54, 1.807) is 0 Å². The van der Waals surface area contributed by atoms with Gasteiger partial charge < -0.3 is 4.90 Å². The molecule has 3 heterocycles. The Balaban J connectivity index is 1.65. The van der Waals surface area contributed by atoms with Crippen LogP contribution in [0.2, 0.25) is 0 Å². The molecule has 0 bridgehead atoms. The summed E-state index contributed by atoms with van der Waals surface area (Å²) < 4.78 is 14.7. The largest absolute Gasteiger partial charge is 0.369 e. The van der Waals surface area contributed by atoms with E-state index in [-0.39, 0.29) is 24.0 Å². The summed E-state index contributed by atoms with van der Waals surface area (Å²) in [7, 11) is 0. The van der Waals surface area contributed by atoms with Crippen molar-refractivity contribution >= 4 is 29.3 Å². The molecule has 27 heavy (non-hydrogen) atoms. The van der Waals surface area contributed by atoms with Gasteiger partial charge in [-0.15, -0.1) is 0 Å². The summed E-state index contributed by atoms with van der Waals surface area (Å²) in [6, 6.07) is 1.47. The molecule has 4 amide bonds. The van der Waals surface area contributed by atoms with E-state index in [2.05, 4.69) is 12.2 Å². The van der Waals surface area contributed by atoms with Gasteiger partial charge in [0.2, 0.25) is 11.8 Å². The fourth-order valence-corrected chi connectivity index (χ4v) is 3.97. The number of carbonyl (C=O) groups excluding carboxylic acids is 4. The predicted molar refractivity (Wildman–Crippen MR) is 93.7 cm³/mol. The van der Waals surface area contributed by atoms with Gasteiger partial charge in [0.15, 0.2) is 0 Å². The Kier molecular flexibility index (Phi) is 4.20. The van der Waals surface area contributed by atoms with Crippen LogP contribution in [0.3, 0.4) is 0 Å². The summed E-state index contributed by atoms with van der Waals surface area (Å²) in [6.07, 6.45) is 2.00. The minimum atomic E-state index is -1.04. The maximum atomic E-state index is 14.7. The van der Waals surface area contributed by atoms with Gasteiger partial charge in [-0.25, -0.2) is 4.39 Å². The Labute approximate surface area is 155 Å². The molecular formula is C19H20FN3O4. The first-order valence-corrected chi connectivity index (χ1v) is 9.17. The van der Waals surface area contributed by atoms with Crippen molar-refractivity contribution in [3.8, 4) is 0 Å². The number of halogens is 1. The average molecular weight is 373 g/mol. The van der Waals surface area contributed by atoms with E-state index in [9.17, 15) is 23.6 Å². The molecule has 7 nitrogen and oxygen atoms in total. The zero-order chi connectivity index (χ0) is 19.3. The average Bonchev–Trinajstić information content (AvgIpc) is 2.86. The lowest BCUT2D eigenvalue weighted by molar-refractivity contribution is -0.136. The molecule has 2 saturated heterocycles. The van der Waals surface area contributed by atoms with E-state index in [1.165, 1.54) is 6.07 Å². The van der Waals surface area contributed by atoms with Crippen molar-refractivity contribution in [2.24, 2.45) is 5.92 Å². The highest BCUT2D eigenvalue weighted by Crippen LogP contribution is 2.34. The number of hydrogen-bond acceptors (Lipinski definition) is 5. The fraction of sp³-hybridized carbons (Fsp3) is 0.474. The summed E-state index contributed by atoms with van der Waals surface area (Å²) in [5.74, 6) is -2.38. The third-order valence-electron chi connectivity index (χ3n) is 5.63. The highest BCUT2D eigenvalue weighted by atomic mass is 19.1. The molecule has 1 N–H and O–H groups in total. The van der Waals surface area contributed by atoms with Crippen LogP contribution in [0.4, 0.5) is 10.1 Å². The molecule has 0 aromatic heterocycles. The van der Waals surface area contributed by atoms with Gasteiger partial charge in [0.1, 0.15) is 11.9 Å². The molecule has 4 rings (SSSR count). The van der Waals surface area contributed by atoms with Crippen LogP contribution in [0.15, 0.2) is 12.1 Å². The van der Waals surface area contributed by atoms with E-state index in [0.29, 0.717) is 24.7 Å². The summed E-state index contributed by atoms with van der Waals surface area (Å²) in [5, 5.41) is 2.15. The zero-order valence-electron chi connectivity index (χ0n) is 15.0. The lowest BCUT2D eigenvalue weighted by Gasteiger charge is -2.32. The van der Waals surface area contributed by atoms with Crippen LogP contribution in [0.25, 0.3) is 0 Å². The number of hydrogen-bond donors (Lipinski definition) is 1. The lowest BCUT2D eigenvalue weighted by Crippen LogP contribution is -2.54. The number of nitrogens with one attached hydrogen (secondary N) is 1. The molecule has 3 aliphatic rings. The molecule has 0 spiro atoms. The minimum absolute atomic E-state index is 0.0312. The van der Waals surface area contributed by atoms with Crippen molar-refractivity contribution in [3.63, 3.8) is 0 Å². The third-order valence-corrected chi connectivity index (χ3v) is 5.63. The molecule has 1 atom stereocenters. The number of anilines is 1. The normalized spacial score (nSPS) is 23.7. The van der Waals surface area contributed by atoms with Gasteiger partial charge in [0.05, 0.1) is 16.8 Å². The first-order chi connectivity index (χ1) is 12.9. The molecular weight excluding hydrogens is 353 g/mol. The Morgan fingerprint density at radius 3 is 2.26 bits per heavy atom. The van der Waals surface area contributed by atoms with Crippen LogP contribution in [0.1, 0.15) is 53.3 Å². The van der Waals surface area contributed by atoms with Crippen molar-refractivity contribution in [1.29, 1.82) is 0 Å². The Morgan fingerprint density at radius 2 is 1.63 bits per heavy atom. The standard InChI is InChI=1S/C19H20FN3O4/c1-10-4-6-22(7-5-10)15-9-12-11(8-13(15)20)18(26)23(19(12)27)14-2-3-16(24)21-17(14)25/h8-10,14H,2-7H2,1H3,(H,21,24,25). The maximum Gasteiger partial charge on any atom is 0.262 e. The summed E-state index contributed by atoms with van der Waals surface area (Å²) in [5.41, 5.74) is 0.392. The highest BCUT2D eigenvalue weighted by Gasteiger charge is 2.45. The number of imide groups is 2. The van der Waals surface area contributed by atoms with Crippen LogP contribution >= 0.6 is 0 Å². The second kappa shape index (κ2) is 6.44. The van der Waals surface area contributed by atoms with Crippen LogP contribution < -0.4 is 10.2 Å². The number of piperidine rings is 2. The van der Waals surface area contributed by atoms with Crippen molar-refractivity contribution in [2.75, 3.05) is 18.0 Å². The van der Waals surface area contributed by atoms with Crippen LogP contribution in [0, 0.1) is 11.7 Å². The smallest absolute Gasteiger partial charge is 0.262 e. The van der Waals surface area contributed by atoms with E-state index in [0.717, 1.165) is 23.8 Å². The van der Waals surface area contributed by atoms with Crippen molar-refractivity contribution < 1.29 is 23.6 Å². The van der Waals surface area contributed by atoms with Gasteiger partial charge in [0.25, 0.3) is 11.8 Å². The number of rotatable bonds is 2. The zero-order valence-corrected chi connectivity index (χ0v) is 15.0. The molecule has 1 aromatic carbocycles. The summed E-state index contributed by atoms with van der Waals surface area (Å²) in [6.45, 7) is 3.53. The monoisotopic (exact) mass is 373 g/mol. The van der Waals surface area contributed by atoms with E-state index in [1.807, 2.05) is 4.90 Å². The van der Waals surface area contributed by atoms with Crippen molar-refractivity contribution in [3.05, 3.63) is 29.1 Å². The van der Waals surface area contributed by atoms with Gasteiger partial charge in [-0.1, -0.05) is 6.92 Å². The van der Waals surface area contributed by atoms with E-state index >= 15 is 0 Å². The molecule has 3 aliphatic heterocycles. The fourth-order valence-electron chi connectivity index (χ4n) is 3.97. The van der Waals surface area contributed by atoms with E-state index in [4.69, 9.17) is 0 Å². The molecule has 0 aliphatic carbocycles. The van der Waals surface area contributed by atoms with Crippen molar-refractivity contribution in [1.82, 2.24) is 10.2 Å². The number of amides is 4. The quantitative estimate of drug-likeness (QED) is 0.794. The summed E-state index contributed by atoms with van der Waals surface area (Å²) >= 11 is 0. The highest BCUT2D eigenvalue weighted by molar-refractivity contribution is 6.23. The Hall–Kier alpha value is -2.77. The number of nitrogens with zero attached hydrogens (tertiary/aromatic N) is 2. The molecule has 2 fully saturated rings. The van der Waals surface area contributed by atoms with Crippen LogP contribution in [0.5, 0.6) is 0 Å². The molecule has 1 unspecified atom stereocenters. The Morgan fingerprint density at radius 1 is 1.00 bits per heavy atom. The summed E-state index contributed by atoms with van der Waals surface area (Å²) in [4.78, 5) is 51.7. The van der Waals surface area contributed by atoms with Gasteiger partial charge in [-0.05, 0) is 37.3 Å². The van der Waals surface area contributed by atoms with Gasteiger partial charge >= 0.3 is 0 Å². The van der Waals surface area contributed by atoms with Gasteiger partial charge in [-0.3, -0.25) is 29.4 Å². The molecule has 1 aromatic rings. The van der Waals surface area contributed by atoms with E-state index < -0.39 is 35.5 Å². The topological polar surface area (TPSA) is 86.8 Å². The first-order valence-electron chi connectivity index (χ1n) is 9.17. The molecule has 0 radical (unpaired) electrons. The number of fused-ring (bicyclic) bond motifs is 1. The van der Waals surface area contributed by atoms with Gasteiger partial charge in [0, 0.05) is 19.5 Å². The number of benzene rings is 1. The predicted octanol–water partition coefficient (Wildman–Crippen LogP) is 1.46. The SMILES string of the molecule is CC1CCN(c2cc3c(cc2F)C(=O)N(C2CCC(=O)NC2=O)C3=O)CC1. The maximum absolute atomic E-state index is 14.7. The first kappa shape index (κ1) is 17.6. The third kappa shape index (κ3) is 2.89. The Bertz CT molecular complexity index is 861. The van der Waals surface area contributed by atoms with Gasteiger partial charge in [-0.2, -0.15) is 0 Å². The molecule has 8 heteroatoms. The van der Waals surface area contributed by atoms with Crippen LogP contribution in [-0.4, -0.2) is 47.7 Å². The van der Waals surface area contributed by atoms with Crippen molar-refractivity contribution in [2.45, 2.75) is 38.6 Å². The minimum Gasteiger partial charge on any atom is -0.369 e. The number of carbonyl (C=O) groups is 4. The lowest BCUT2D eigenvalue weighted by atomic mass is 9.98. The second-order valence-electron chi connectivity index (χ2n) is 7.47.